The Morgan fingerprint density at radius 2 is 2.15 bits per heavy atom. The minimum absolute atomic E-state index is 0.0565. The molecule has 8 heteroatoms. The maximum absolute atomic E-state index is 12.8. The van der Waals surface area contributed by atoms with Crippen molar-refractivity contribution in [2.24, 2.45) is 0 Å². The standard InChI is InChI=1S/C12H21F2N3O2Si/c1-20(2,3)5-4-18-8-17-7-9(15)11(16-17)19-10-6-12(10,13)14/h7,10H,4-6,8,15H2,1-3H3. The van der Waals surface area contributed by atoms with Crippen LogP contribution in [-0.2, 0) is 11.5 Å². The van der Waals surface area contributed by atoms with Crippen molar-refractivity contribution in [3.05, 3.63) is 6.20 Å². The van der Waals surface area contributed by atoms with Crippen molar-refractivity contribution in [2.45, 2.75) is 50.9 Å². The molecule has 5 nitrogen and oxygen atoms in total. The van der Waals surface area contributed by atoms with Crippen LogP contribution in [0.5, 0.6) is 5.88 Å². The molecule has 0 aliphatic heterocycles. The number of nitrogen functional groups attached to an aromatic ring is 1. The molecule has 1 heterocycles. The Morgan fingerprint density at radius 3 is 2.70 bits per heavy atom. The zero-order chi connectivity index (χ0) is 15.0. The fourth-order valence-electron chi connectivity index (χ4n) is 1.56. The number of hydrogen-bond donors (Lipinski definition) is 1. The molecular weight excluding hydrogens is 284 g/mol. The van der Waals surface area contributed by atoms with Gasteiger partial charge in [-0.2, -0.15) is 0 Å². The van der Waals surface area contributed by atoms with E-state index in [1.165, 1.54) is 10.9 Å². The Hall–Kier alpha value is -1.15. The fraction of sp³-hybridized carbons (Fsp3) is 0.750. The zero-order valence-electron chi connectivity index (χ0n) is 12.0. The molecule has 1 aliphatic carbocycles. The smallest absolute Gasteiger partial charge is 0.288 e. The fourth-order valence-corrected chi connectivity index (χ4v) is 2.32. The Balaban J connectivity index is 1.79. The lowest BCUT2D eigenvalue weighted by molar-refractivity contribution is 0.0613. The maximum Gasteiger partial charge on any atom is 0.288 e. The van der Waals surface area contributed by atoms with E-state index in [1.807, 2.05) is 0 Å². The number of anilines is 1. The molecule has 2 N–H and O–H groups in total. The third kappa shape index (κ3) is 4.17. The van der Waals surface area contributed by atoms with E-state index in [0.29, 0.717) is 6.61 Å². The third-order valence-electron chi connectivity index (χ3n) is 3.00. The summed E-state index contributed by atoms with van der Waals surface area (Å²) in [6, 6.07) is 1.06. The molecule has 1 fully saturated rings. The van der Waals surface area contributed by atoms with Crippen LogP contribution in [0.25, 0.3) is 0 Å². The molecule has 20 heavy (non-hydrogen) atoms. The molecule has 1 aromatic heterocycles. The SMILES string of the molecule is C[Si](C)(C)CCOCn1cc(N)c(OC2CC2(F)F)n1. The first-order valence-electron chi connectivity index (χ1n) is 6.62. The average Bonchev–Trinajstić information content (AvgIpc) is 2.73. The number of aromatic nitrogens is 2. The Kier molecular flexibility index (Phi) is 4.06. The number of nitrogens with zero attached hydrogens (tertiary/aromatic N) is 2. The summed E-state index contributed by atoms with van der Waals surface area (Å²) in [6.07, 6.45) is 0.164. The number of hydrogen-bond acceptors (Lipinski definition) is 4. The minimum Gasteiger partial charge on any atom is -0.465 e. The highest BCUT2D eigenvalue weighted by Gasteiger charge is 2.60. The Bertz CT molecular complexity index is 474. The summed E-state index contributed by atoms with van der Waals surface area (Å²) in [7, 11) is -1.12. The van der Waals surface area contributed by atoms with Crippen LogP contribution in [-0.4, -0.2) is 36.5 Å². The minimum atomic E-state index is -2.75. The number of rotatable bonds is 7. The number of nitrogens with two attached hydrogens (primary N) is 1. The molecule has 0 saturated heterocycles. The van der Waals surface area contributed by atoms with E-state index < -0.39 is 20.1 Å². The number of ether oxygens (including phenoxy) is 2. The highest BCUT2D eigenvalue weighted by atomic mass is 28.3. The number of halogens is 2. The molecule has 1 unspecified atom stereocenters. The van der Waals surface area contributed by atoms with Gasteiger partial charge in [-0.05, 0) is 6.04 Å². The second-order valence-electron chi connectivity index (χ2n) is 6.35. The first kappa shape index (κ1) is 15.2. The highest BCUT2D eigenvalue weighted by molar-refractivity contribution is 6.76. The van der Waals surface area contributed by atoms with Crippen LogP contribution in [0.1, 0.15) is 6.42 Å². The van der Waals surface area contributed by atoms with Crippen LogP contribution in [0.4, 0.5) is 14.5 Å². The van der Waals surface area contributed by atoms with Crippen molar-refractivity contribution in [1.29, 1.82) is 0 Å². The van der Waals surface area contributed by atoms with Gasteiger partial charge in [0, 0.05) is 14.7 Å². The van der Waals surface area contributed by atoms with Crippen molar-refractivity contribution in [3.8, 4) is 5.88 Å². The molecule has 0 spiro atoms. The van der Waals surface area contributed by atoms with Crippen molar-refractivity contribution in [1.82, 2.24) is 9.78 Å². The first-order valence-corrected chi connectivity index (χ1v) is 10.3. The molecule has 114 valence electrons. The van der Waals surface area contributed by atoms with Crippen LogP contribution >= 0.6 is 0 Å². The van der Waals surface area contributed by atoms with E-state index in [4.69, 9.17) is 15.2 Å². The molecule has 1 aliphatic rings. The van der Waals surface area contributed by atoms with E-state index in [1.54, 1.807) is 0 Å². The second kappa shape index (κ2) is 5.32. The monoisotopic (exact) mass is 305 g/mol. The van der Waals surface area contributed by atoms with E-state index in [-0.39, 0.29) is 24.7 Å². The molecule has 0 radical (unpaired) electrons. The summed E-state index contributed by atoms with van der Waals surface area (Å²) >= 11 is 0. The summed E-state index contributed by atoms with van der Waals surface area (Å²) in [5.41, 5.74) is 5.93. The first-order chi connectivity index (χ1) is 9.17. The van der Waals surface area contributed by atoms with Crippen LogP contribution in [0, 0.1) is 0 Å². The van der Waals surface area contributed by atoms with Gasteiger partial charge in [0.1, 0.15) is 12.4 Å². The van der Waals surface area contributed by atoms with Gasteiger partial charge in [-0.3, -0.25) is 0 Å². The molecule has 0 aromatic carbocycles. The summed E-state index contributed by atoms with van der Waals surface area (Å²) in [5, 5.41) is 4.01. The predicted molar refractivity (Wildman–Crippen MR) is 74.7 cm³/mol. The van der Waals surface area contributed by atoms with Gasteiger partial charge < -0.3 is 15.2 Å². The summed E-state index contributed by atoms with van der Waals surface area (Å²) in [6.45, 7) is 7.71. The highest BCUT2D eigenvalue weighted by Crippen LogP contribution is 2.44. The largest absolute Gasteiger partial charge is 0.465 e. The molecule has 1 atom stereocenters. The summed E-state index contributed by atoms with van der Waals surface area (Å²) in [4.78, 5) is 0. The summed E-state index contributed by atoms with van der Waals surface area (Å²) < 4.78 is 37.5. The van der Waals surface area contributed by atoms with Crippen LogP contribution in [0.15, 0.2) is 6.20 Å². The Labute approximate surface area is 118 Å². The maximum atomic E-state index is 12.8. The van der Waals surface area contributed by atoms with Gasteiger partial charge in [0.15, 0.2) is 6.10 Å². The van der Waals surface area contributed by atoms with Gasteiger partial charge in [-0.1, -0.05) is 19.6 Å². The average molecular weight is 305 g/mol. The van der Waals surface area contributed by atoms with Crippen molar-refractivity contribution < 1.29 is 18.3 Å². The quantitative estimate of drug-likeness (QED) is 0.621. The second-order valence-corrected chi connectivity index (χ2v) is 12.0. The predicted octanol–water partition coefficient (Wildman–Crippen LogP) is 2.56. The zero-order valence-corrected chi connectivity index (χ0v) is 13.0. The molecule has 1 saturated carbocycles. The lowest BCUT2D eigenvalue weighted by Gasteiger charge is -2.15. The summed E-state index contributed by atoms with van der Waals surface area (Å²) in [5.74, 6) is -2.69. The molecule has 0 amide bonds. The van der Waals surface area contributed by atoms with Gasteiger partial charge >= 0.3 is 0 Å². The van der Waals surface area contributed by atoms with Crippen molar-refractivity contribution in [3.63, 3.8) is 0 Å². The van der Waals surface area contributed by atoms with E-state index in [9.17, 15) is 8.78 Å². The lowest BCUT2D eigenvalue weighted by Crippen LogP contribution is -2.22. The van der Waals surface area contributed by atoms with Crippen LogP contribution in [0.3, 0.4) is 0 Å². The normalized spacial score (nSPS) is 20.9. The van der Waals surface area contributed by atoms with E-state index in [0.717, 1.165) is 6.04 Å². The van der Waals surface area contributed by atoms with Gasteiger partial charge in [-0.25, -0.2) is 13.5 Å². The van der Waals surface area contributed by atoms with Gasteiger partial charge in [0.25, 0.3) is 11.8 Å². The lowest BCUT2D eigenvalue weighted by atomic mass is 10.6. The molecular formula is C12H21F2N3O2Si. The van der Waals surface area contributed by atoms with Crippen molar-refractivity contribution >= 4 is 13.8 Å². The van der Waals surface area contributed by atoms with Gasteiger partial charge in [0.05, 0.1) is 12.6 Å². The van der Waals surface area contributed by atoms with Gasteiger partial charge in [0.2, 0.25) is 0 Å². The third-order valence-corrected chi connectivity index (χ3v) is 4.70. The van der Waals surface area contributed by atoms with E-state index in [2.05, 4.69) is 24.7 Å². The van der Waals surface area contributed by atoms with Crippen molar-refractivity contribution in [2.75, 3.05) is 12.3 Å². The molecule has 0 bridgehead atoms. The topological polar surface area (TPSA) is 62.3 Å². The number of alkyl halides is 2. The van der Waals surface area contributed by atoms with Gasteiger partial charge in [-0.15, -0.1) is 5.10 Å². The molecule has 1 aromatic rings. The van der Waals surface area contributed by atoms with Crippen LogP contribution < -0.4 is 10.5 Å². The molecule has 2 rings (SSSR count). The van der Waals surface area contributed by atoms with Crippen LogP contribution in [0.2, 0.25) is 25.7 Å². The Morgan fingerprint density at radius 1 is 1.50 bits per heavy atom. The van der Waals surface area contributed by atoms with E-state index >= 15 is 0 Å².